The van der Waals surface area contributed by atoms with Gasteiger partial charge in [0.2, 0.25) is 23.6 Å². The molecule has 0 unspecified atom stereocenters. The monoisotopic (exact) mass is 497 g/mol. The van der Waals surface area contributed by atoms with Crippen molar-refractivity contribution in [2.24, 2.45) is 17.6 Å². The number of carbonyl (C=O) groups is 4. The second-order valence-corrected chi connectivity index (χ2v) is 9.31. The number of nitrogens with zero attached hydrogens (tertiary/aromatic N) is 2. The third kappa shape index (κ3) is 3.15. The highest BCUT2D eigenvalue weighted by Crippen LogP contribution is 2.55. The number of nitro groups is 1. The zero-order valence-corrected chi connectivity index (χ0v) is 19.2. The standard InChI is InChI=1S/C23H20ClN5O6/c1-10-14(24)6-5-13-19(10)26-22(33)23(13)18-17(15(27-23)7-8-16(25)30)20(31)28(21(18)32)11-3-2-4-12(9-11)29(34)35/h2-6,9,15,17-18,27H,7-8H2,1H3,(H2,25,30)(H,26,33)/t15-,17+,18+,23-/m0/s1. The van der Waals surface area contributed by atoms with Crippen molar-refractivity contribution in [2.45, 2.75) is 31.3 Å². The third-order valence-corrected chi connectivity index (χ3v) is 7.49. The summed E-state index contributed by atoms with van der Waals surface area (Å²) in [6.45, 7) is 1.73. The van der Waals surface area contributed by atoms with E-state index < -0.39 is 52.0 Å². The maximum absolute atomic E-state index is 13.8. The van der Waals surface area contributed by atoms with Crippen molar-refractivity contribution in [3.8, 4) is 0 Å². The number of amides is 4. The van der Waals surface area contributed by atoms with E-state index in [1.54, 1.807) is 19.1 Å². The minimum atomic E-state index is -1.58. The summed E-state index contributed by atoms with van der Waals surface area (Å²) < 4.78 is 0. The maximum atomic E-state index is 13.8. The first-order chi connectivity index (χ1) is 16.6. The van der Waals surface area contributed by atoms with E-state index in [1.165, 1.54) is 18.2 Å². The van der Waals surface area contributed by atoms with Crippen LogP contribution in [0.1, 0.15) is 24.0 Å². The number of fused-ring (bicyclic) bond motifs is 4. The van der Waals surface area contributed by atoms with Gasteiger partial charge in [-0.05, 0) is 31.0 Å². The van der Waals surface area contributed by atoms with Crippen LogP contribution in [-0.2, 0) is 24.7 Å². The van der Waals surface area contributed by atoms with E-state index in [4.69, 9.17) is 17.3 Å². The van der Waals surface area contributed by atoms with Crippen molar-refractivity contribution in [1.29, 1.82) is 0 Å². The second-order valence-electron chi connectivity index (χ2n) is 8.91. The van der Waals surface area contributed by atoms with Gasteiger partial charge >= 0.3 is 0 Å². The number of nitrogens with one attached hydrogen (secondary N) is 2. The van der Waals surface area contributed by atoms with Gasteiger partial charge in [-0.1, -0.05) is 23.7 Å². The molecule has 0 aliphatic carbocycles. The van der Waals surface area contributed by atoms with Crippen molar-refractivity contribution in [1.82, 2.24) is 5.32 Å². The molecule has 2 aromatic rings. The van der Waals surface area contributed by atoms with E-state index in [9.17, 15) is 29.3 Å². The van der Waals surface area contributed by atoms with Crippen LogP contribution in [0.15, 0.2) is 36.4 Å². The summed E-state index contributed by atoms with van der Waals surface area (Å²) in [5.41, 5.74) is 5.05. The molecule has 2 saturated heterocycles. The number of nitrogens with two attached hydrogens (primary N) is 1. The molecule has 3 aliphatic rings. The minimum absolute atomic E-state index is 0.0401. The van der Waals surface area contributed by atoms with Crippen LogP contribution in [-0.4, -0.2) is 34.6 Å². The SMILES string of the molecule is Cc1c(Cl)ccc2c1NC(=O)[C@]21N[C@@H](CCC(N)=O)[C@H]2C(=O)N(c3cccc([N+](=O)[O-])c3)C(=O)[C@@H]21. The fraction of sp³-hybridized carbons (Fsp3) is 0.304. The highest BCUT2D eigenvalue weighted by molar-refractivity contribution is 6.32. The number of nitro benzene ring substituents is 1. The Bertz CT molecular complexity index is 1350. The number of hydrogen-bond acceptors (Lipinski definition) is 7. The van der Waals surface area contributed by atoms with Gasteiger partial charge in [-0.3, -0.25) is 34.6 Å². The summed E-state index contributed by atoms with van der Waals surface area (Å²) in [5, 5.41) is 17.7. The molecule has 4 amide bonds. The first-order valence-electron chi connectivity index (χ1n) is 10.9. The number of halogens is 1. The largest absolute Gasteiger partial charge is 0.370 e. The van der Waals surface area contributed by atoms with Gasteiger partial charge in [-0.2, -0.15) is 0 Å². The minimum Gasteiger partial charge on any atom is -0.370 e. The molecule has 0 saturated carbocycles. The smallest absolute Gasteiger partial charge is 0.271 e. The van der Waals surface area contributed by atoms with E-state index in [2.05, 4.69) is 10.6 Å². The fourth-order valence-electron chi connectivity index (χ4n) is 5.54. The van der Waals surface area contributed by atoms with Gasteiger partial charge in [-0.25, -0.2) is 4.90 Å². The molecule has 2 fully saturated rings. The van der Waals surface area contributed by atoms with Crippen LogP contribution in [0.3, 0.4) is 0 Å². The lowest BCUT2D eigenvalue weighted by molar-refractivity contribution is -0.384. The Labute approximate surface area is 203 Å². The molecule has 0 aromatic heterocycles. The van der Waals surface area contributed by atoms with Gasteiger partial charge in [0, 0.05) is 35.2 Å². The van der Waals surface area contributed by atoms with Gasteiger partial charge in [0.1, 0.15) is 5.54 Å². The van der Waals surface area contributed by atoms with E-state index in [0.717, 1.165) is 11.0 Å². The first kappa shape index (κ1) is 22.9. The summed E-state index contributed by atoms with van der Waals surface area (Å²) >= 11 is 6.25. The number of hydrogen-bond donors (Lipinski definition) is 3. The van der Waals surface area contributed by atoms with Gasteiger partial charge < -0.3 is 11.1 Å². The van der Waals surface area contributed by atoms with Crippen molar-refractivity contribution in [3.05, 3.63) is 62.7 Å². The van der Waals surface area contributed by atoms with Crippen LogP contribution in [0.4, 0.5) is 17.1 Å². The number of primary amides is 1. The summed E-state index contributed by atoms with van der Waals surface area (Å²) in [6.07, 6.45) is 0.0542. The average molecular weight is 498 g/mol. The Morgan fingerprint density at radius 3 is 2.66 bits per heavy atom. The van der Waals surface area contributed by atoms with Crippen molar-refractivity contribution >= 4 is 52.3 Å². The topological polar surface area (TPSA) is 165 Å². The number of non-ortho nitro benzene ring substituents is 1. The van der Waals surface area contributed by atoms with E-state index in [0.29, 0.717) is 21.8 Å². The lowest BCUT2D eigenvalue weighted by Crippen LogP contribution is -2.53. The van der Waals surface area contributed by atoms with Gasteiger partial charge in [0.15, 0.2) is 0 Å². The molecule has 12 heteroatoms. The Morgan fingerprint density at radius 2 is 1.97 bits per heavy atom. The molecular weight excluding hydrogens is 478 g/mol. The molecule has 2 aromatic carbocycles. The number of imide groups is 1. The molecule has 35 heavy (non-hydrogen) atoms. The molecule has 0 radical (unpaired) electrons. The zero-order valence-electron chi connectivity index (χ0n) is 18.4. The Morgan fingerprint density at radius 1 is 1.23 bits per heavy atom. The molecule has 3 aliphatic heterocycles. The lowest BCUT2D eigenvalue weighted by atomic mass is 9.76. The molecule has 4 atom stereocenters. The molecule has 11 nitrogen and oxygen atoms in total. The second kappa shape index (κ2) is 7.85. The predicted molar refractivity (Wildman–Crippen MR) is 124 cm³/mol. The number of benzene rings is 2. The molecule has 3 heterocycles. The first-order valence-corrected chi connectivity index (χ1v) is 11.2. The van der Waals surface area contributed by atoms with Gasteiger partial charge in [0.05, 0.1) is 28.1 Å². The molecule has 180 valence electrons. The van der Waals surface area contributed by atoms with Crippen LogP contribution in [0.5, 0.6) is 0 Å². The van der Waals surface area contributed by atoms with Gasteiger partial charge in [-0.15, -0.1) is 0 Å². The average Bonchev–Trinajstić information content (AvgIpc) is 3.40. The number of rotatable bonds is 5. The zero-order chi connectivity index (χ0) is 25.2. The van der Waals surface area contributed by atoms with Crippen LogP contribution in [0.25, 0.3) is 0 Å². The summed E-state index contributed by atoms with van der Waals surface area (Å²) in [7, 11) is 0. The van der Waals surface area contributed by atoms with E-state index in [1.807, 2.05) is 0 Å². The van der Waals surface area contributed by atoms with Crippen molar-refractivity contribution < 1.29 is 24.1 Å². The molecule has 4 N–H and O–H groups in total. The van der Waals surface area contributed by atoms with Gasteiger partial charge in [0.25, 0.3) is 5.69 Å². The Hall–Kier alpha value is -3.83. The molecule has 1 spiro atoms. The fourth-order valence-corrected chi connectivity index (χ4v) is 5.69. The summed E-state index contributed by atoms with van der Waals surface area (Å²) in [5.74, 6) is -4.51. The van der Waals surface area contributed by atoms with Crippen LogP contribution >= 0.6 is 11.6 Å². The van der Waals surface area contributed by atoms with Crippen LogP contribution in [0.2, 0.25) is 5.02 Å². The third-order valence-electron chi connectivity index (χ3n) is 7.09. The quantitative estimate of drug-likeness (QED) is 0.321. The molecular formula is C23H20ClN5O6. The lowest BCUT2D eigenvalue weighted by Gasteiger charge is -2.29. The number of anilines is 2. The molecule has 0 bridgehead atoms. The maximum Gasteiger partial charge on any atom is 0.271 e. The molecule has 5 rings (SSSR count). The highest BCUT2D eigenvalue weighted by Gasteiger charge is 2.70. The van der Waals surface area contributed by atoms with E-state index >= 15 is 0 Å². The Balaban J connectivity index is 1.66. The van der Waals surface area contributed by atoms with Crippen molar-refractivity contribution in [3.63, 3.8) is 0 Å². The summed E-state index contributed by atoms with van der Waals surface area (Å²) in [6, 6.07) is 7.73. The van der Waals surface area contributed by atoms with E-state index in [-0.39, 0.29) is 24.2 Å². The predicted octanol–water partition coefficient (Wildman–Crippen LogP) is 1.75. The Kier molecular flexibility index (Phi) is 5.15. The van der Waals surface area contributed by atoms with Crippen LogP contribution < -0.4 is 21.3 Å². The number of carbonyl (C=O) groups excluding carboxylic acids is 4. The van der Waals surface area contributed by atoms with Crippen LogP contribution in [0, 0.1) is 28.9 Å². The summed E-state index contributed by atoms with van der Waals surface area (Å²) in [4.78, 5) is 64.0. The van der Waals surface area contributed by atoms with Crippen molar-refractivity contribution in [2.75, 3.05) is 10.2 Å². The normalized spacial score (nSPS) is 26.7. The highest BCUT2D eigenvalue weighted by atomic mass is 35.5.